The van der Waals surface area contributed by atoms with Crippen LogP contribution in [0.5, 0.6) is 0 Å². The van der Waals surface area contributed by atoms with Gasteiger partial charge >= 0.3 is 12.1 Å². The third kappa shape index (κ3) is 6.01. The minimum atomic E-state index is -5.02. The first-order valence-corrected chi connectivity index (χ1v) is 15.2. The predicted molar refractivity (Wildman–Crippen MR) is 169 cm³/mol. The second-order valence-corrected chi connectivity index (χ2v) is 11.7. The summed E-state index contributed by atoms with van der Waals surface area (Å²) in [6, 6.07) is 20.6. The molecule has 0 spiro atoms. The van der Waals surface area contributed by atoms with Gasteiger partial charge in [0.15, 0.2) is 10.5 Å². The second kappa shape index (κ2) is 12.5. The molecule has 3 heterocycles. The van der Waals surface area contributed by atoms with E-state index in [9.17, 15) is 27.6 Å². The number of benzene rings is 3. The van der Waals surface area contributed by atoms with E-state index < -0.39 is 35.0 Å². The molecule has 8 nitrogen and oxygen atoms in total. The van der Waals surface area contributed by atoms with Gasteiger partial charge in [-0.2, -0.15) is 13.2 Å². The number of esters is 1. The van der Waals surface area contributed by atoms with Crippen molar-refractivity contribution in [3.8, 4) is 0 Å². The van der Waals surface area contributed by atoms with Gasteiger partial charge in [-0.25, -0.2) is 9.79 Å². The highest BCUT2D eigenvalue weighted by Crippen LogP contribution is 2.38. The van der Waals surface area contributed by atoms with Gasteiger partial charge in [-0.15, -0.1) is 0 Å². The summed E-state index contributed by atoms with van der Waals surface area (Å²) in [7, 11) is 0. The Hall–Kier alpha value is -4.94. The molecule has 1 atom stereocenters. The molecule has 46 heavy (non-hydrogen) atoms. The minimum absolute atomic E-state index is 0.0289. The molecule has 0 bridgehead atoms. The normalized spacial score (nSPS) is 15.1. The van der Waals surface area contributed by atoms with Gasteiger partial charge in [0.05, 0.1) is 22.8 Å². The summed E-state index contributed by atoms with van der Waals surface area (Å²) in [6.45, 7) is 1.26. The molecule has 0 unspecified atom stereocenters. The Morgan fingerprint density at radius 2 is 1.74 bits per heavy atom. The van der Waals surface area contributed by atoms with E-state index in [1.54, 1.807) is 47.2 Å². The van der Waals surface area contributed by atoms with Gasteiger partial charge in [0, 0.05) is 33.4 Å². The van der Waals surface area contributed by atoms with Gasteiger partial charge in [-0.1, -0.05) is 71.5 Å². The van der Waals surface area contributed by atoms with Crippen molar-refractivity contribution in [3.05, 3.63) is 132 Å². The number of para-hydroxylation sites is 2. The fraction of sp³-hybridized carbons (Fsp3) is 0.152. The van der Waals surface area contributed by atoms with E-state index in [0.717, 1.165) is 21.3 Å². The number of hydrogen-bond donors (Lipinski definition) is 1. The number of carbonyl (C=O) groups is 2. The molecule has 13 heteroatoms. The Balaban J connectivity index is 1.50. The number of nitrogens with zero attached hydrogens (tertiary/aromatic N) is 3. The molecule has 0 aliphatic carbocycles. The minimum Gasteiger partial charge on any atom is -0.463 e. The van der Waals surface area contributed by atoms with E-state index in [0.29, 0.717) is 21.8 Å². The molecule has 0 radical (unpaired) electrons. The number of fused-ring (bicyclic) bond motifs is 2. The number of rotatable bonds is 7. The Kier molecular flexibility index (Phi) is 8.41. The number of aromatic nitrogens is 2. The highest BCUT2D eigenvalue weighted by Gasteiger charge is 2.45. The van der Waals surface area contributed by atoms with Crippen molar-refractivity contribution in [1.29, 1.82) is 0 Å². The lowest BCUT2D eigenvalue weighted by molar-refractivity contribution is -0.140. The quantitative estimate of drug-likeness (QED) is 0.230. The molecule has 3 aromatic carbocycles. The highest BCUT2D eigenvalue weighted by molar-refractivity contribution is 7.07. The number of amides is 1. The maximum atomic E-state index is 14.4. The van der Waals surface area contributed by atoms with Crippen molar-refractivity contribution in [2.45, 2.75) is 25.7 Å². The summed E-state index contributed by atoms with van der Waals surface area (Å²) < 4.78 is 51.1. The zero-order valence-electron chi connectivity index (χ0n) is 24.0. The van der Waals surface area contributed by atoms with Crippen LogP contribution < -0.4 is 20.2 Å². The first-order chi connectivity index (χ1) is 22.0. The van der Waals surface area contributed by atoms with Crippen LogP contribution in [0.4, 0.5) is 18.9 Å². The summed E-state index contributed by atoms with van der Waals surface area (Å²) in [5.41, 5.74) is -0.731. The van der Waals surface area contributed by atoms with E-state index in [2.05, 4.69) is 10.3 Å². The molecule has 0 saturated carbocycles. The van der Waals surface area contributed by atoms with E-state index in [1.165, 1.54) is 31.2 Å². The van der Waals surface area contributed by atoms with Crippen LogP contribution in [0, 0.1) is 0 Å². The average Bonchev–Trinajstić information content (AvgIpc) is 3.53. The van der Waals surface area contributed by atoms with Crippen LogP contribution in [0.1, 0.15) is 24.1 Å². The number of anilines is 1. The lowest BCUT2D eigenvalue weighted by Crippen LogP contribution is -2.41. The number of halogens is 4. The second-order valence-electron chi connectivity index (χ2n) is 10.3. The van der Waals surface area contributed by atoms with Crippen LogP contribution in [0.3, 0.4) is 0 Å². The van der Waals surface area contributed by atoms with Gasteiger partial charge < -0.3 is 14.6 Å². The van der Waals surface area contributed by atoms with Crippen LogP contribution in [0.2, 0.25) is 5.02 Å². The van der Waals surface area contributed by atoms with Crippen LogP contribution in [0.25, 0.3) is 17.0 Å². The Labute approximate surface area is 268 Å². The van der Waals surface area contributed by atoms with Crippen molar-refractivity contribution in [1.82, 2.24) is 9.13 Å². The lowest BCUT2D eigenvalue weighted by Gasteiger charge is -2.26. The number of allylic oxidation sites excluding steroid dienone is 1. The summed E-state index contributed by atoms with van der Waals surface area (Å²) in [5.74, 6) is -1.50. The maximum absolute atomic E-state index is 14.4. The predicted octanol–water partition coefficient (Wildman–Crippen LogP) is 5.59. The molecule has 5 aromatic rings. The molecule has 1 amide bonds. The third-order valence-corrected chi connectivity index (χ3v) is 8.49. The third-order valence-electron chi connectivity index (χ3n) is 7.26. The summed E-state index contributed by atoms with van der Waals surface area (Å²) in [6.07, 6.45) is -1.76. The number of carbonyl (C=O) groups excluding carboxylic acids is 2. The van der Waals surface area contributed by atoms with Crippen molar-refractivity contribution < 1.29 is 27.5 Å². The first-order valence-electron chi connectivity index (χ1n) is 14.0. The van der Waals surface area contributed by atoms with Crippen molar-refractivity contribution in [2.75, 3.05) is 11.9 Å². The number of alkyl halides is 3. The topological polar surface area (TPSA) is 94.7 Å². The van der Waals surface area contributed by atoms with Crippen molar-refractivity contribution in [3.63, 3.8) is 0 Å². The summed E-state index contributed by atoms with van der Waals surface area (Å²) in [4.78, 5) is 43.5. The van der Waals surface area contributed by atoms with Crippen molar-refractivity contribution in [2.24, 2.45) is 4.99 Å². The monoisotopic (exact) mass is 664 g/mol. The van der Waals surface area contributed by atoms with Gasteiger partial charge in [-0.05, 0) is 48.9 Å². The van der Waals surface area contributed by atoms with E-state index in [4.69, 9.17) is 16.3 Å². The lowest BCUT2D eigenvalue weighted by atomic mass is 9.95. The molecular formula is C33H24ClF3N4O4S. The highest BCUT2D eigenvalue weighted by atomic mass is 35.5. The van der Waals surface area contributed by atoms with Crippen LogP contribution in [-0.2, 0) is 20.9 Å². The number of hydrogen-bond acceptors (Lipinski definition) is 6. The average molecular weight is 665 g/mol. The molecule has 1 aliphatic heterocycles. The largest absolute Gasteiger partial charge is 0.463 e. The van der Waals surface area contributed by atoms with Gasteiger partial charge in [0.1, 0.15) is 6.54 Å². The van der Waals surface area contributed by atoms with Gasteiger partial charge in [0.2, 0.25) is 5.91 Å². The van der Waals surface area contributed by atoms with Crippen LogP contribution in [-0.4, -0.2) is 33.8 Å². The van der Waals surface area contributed by atoms with Crippen LogP contribution >= 0.6 is 22.9 Å². The molecule has 0 fully saturated rings. The molecule has 0 saturated heterocycles. The Morgan fingerprint density at radius 3 is 2.43 bits per heavy atom. The van der Waals surface area contributed by atoms with E-state index in [1.807, 2.05) is 24.3 Å². The van der Waals surface area contributed by atoms with Crippen LogP contribution in [0.15, 0.2) is 106 Å². The fourth-order valence-electron chi connectivity index (χ4n) is 5.34. The Morgan fingerprint density at radius 1 is 1.04 bits per heavy atom. The van der Waals surface area contributed by atoms with E-state index >= 15 is 0 Å². The Bertz CT molecular complexity index is 2190. The molecule has 234 valence electrons. The van der Waals surface area contributed by atoms with Gasteiger partial charge in [-0.3, -0.25) is 14.2 Å². The molecule has 1 aliphatic rings. The molecule has 6 rings (SSSR count). The molecular weight excluding hydrogens is 641 g/mol. The smallest absolute Gasteiger partial charge is 0.434 e. The zero-order valence-corrected chi connectivity index (χ0v) is 25.6. The number of thiazole rings is 1. The van der Waals surface area contributed by atoms with Crippen molar-refractivity contribution >= 4 is 57.5 Å². The standard InChI is InChI=1S/C33H24ClF3N4O4S/c1-2-45-31(44)27-28(19-12-14-21(34)15-13-19)41-30(43)25(46-32(41)39-29(27)33(35,36)37)16-20-17-40(24-11-7-6-10-23(20)24)18-26(42)38-22-8-4-3-5-9-22/h3-17,28H,2,18H2,1H3,(H,38,42)/b25-16-/t28-/m0/s1. The number of ether oxygens (including phenoxy) is 1. The molecule has 2 aromatic heterocycles. The number of nitrogens with one attached hydrogen (secondary N) is 1. The zero-order chi connectivity index (χ0) is 32.6. The SMILES string of the molecule is CCOC(=O)C1=C(C(F)(F)F)N=c2s/c(=C\c3cn(CC(=O)Nc4ccccc4)c4ccccc34)c(=O)n2[C@H]1c1ccc(Cl)cc1. The molecule has 1 N–H and O–H groups in total. The summed E-state index contributed by atoms with van der Waals surface area (Å²) in [5, 5.41) is 3.88. The maximum Gasteiger partial charge on any atom is 0.434 e. The summed E-state index contributed by atoms with van der Waals surface area (Å²) >= 11 is 6.81. The fourth-order valence-corrected chi connectivity index (χ4v) is 6.46. The van der Waals surface area contributed by atoms with E-state index in [-0.39, 0.29) is 34.0 Å². The van der Waals surface area contributed by atoms with Gasteiger partial charge in [0.25, 0.3) is 5.56 Å². The first kappa shape index (κ1) is 31.1.